The molecular weight excluding hydrogens is 552 g/mol. The molecule has 3 aromatic heterocycles. The van der Waals surface area contributed by atoms with Crippen molar-refractivity contribution >= 4 is 45.5 Å². The Balaban J connectivity index is 1.24. The van der Waals surface area contributed by atoms with Crippen LogP contribution in [-0.2, 0) is 38.4 Å². The molecule has 3 heterocycles. The highest BCUT2D eigenvalue weighted by Crippen LogP contribution is 2.20. The maximum absolute atomic E-state index is 13.3. The lowest BCUT2D eigenvalue weighted by Gasteiger charge is -2.21. The molecule has 0 saturated heterocycles. The molecule has 0 aliphatic carbocycles. The van der Waals surface area contributed by atoms with E-state index >= 15 is 0 Å². The number of fused-ring (bicyclic) bond motifs is 2. The van der Waals surface area contributed by atoms with Gasteiger partial charge in [-0.15, -0.1) is 0 Å². The van der Waals surface area contributed by atoms with Gasteiger partial charge >= 0.3 is 5.97 Å². The number of hydrogen-bond acceptors (Lipinski definition) is 6. The smallest absolute Gasteiger partial charge is 0.326 e. The van der Waals surface area contributed by atoms with Crippen LogP contribution < -0.4 is 21.7 Å². The van der Waals surface area contributed by atoms with Gasteiger partial charge < -0.3 is 41.7 Å². The molecule has 0 bridgehead atoms. The number of aromatic amines is 3. The standard InChI is InChI=1S/C30H32N8O5/c31-22(11-19-14-32-16-36-19)28(40)38-25(9-17-12-33-23-7-3-1-5-20(17)23)29(41)35-15-27(39)37-26(30(42)43)10-18-13-34-24-8-4-2-6-21(18)24/h1-8,12-14,16,22,25-26,33-34H,9-11,15,31H2,(H,32,36)(H,35,41)(H,37,39)(H,38,40)(H,42,43). The fourth-order valence-electron chi connectivity index (χ4n) is 4.99. The van der Waals surface area contributed by atoms with E-state index in [2.05, 4.69) is 35.9 Å². The topological polar surface area (TPSA) is 211 Å². The van der Waals surface area contributed by atoms with Gasteiger partial charge in [-0.1, -0.05) is 36.4 Å². The molecule has 5 aromatic rings. The normalized spacial score (nSPS) is 13.3. The highest BCUT2D eigenvalue weighted by molar-refractivity contribution is 5.94. The van der Waals surface area contributed by atoms with Gasteiger partial charge in [0, 0.05) is 65.4 Å². The molecule has 0 spiro atoms. The molecule has 9 N–H and O–H groups in total. The van der Waals surface area contributed by atoms with E-state index in [-0.39, 0.29) is 19.3 Å². The summed E-state index contributed by atoms with van der Waals surface area (Å²) >= 11 is 0. The SMILES string of the molecule is NC(Cc1cnc[nH]1)C(=O)NC(Cc1c[nH]c2ccccc12)C(=O)NCC(=O)NC(Cc1c[nH]c2ccccc12)C(=O)O. The predicted molar refractivity (Wildman–Crippen MR) is 159 cm³/mol. The van der Waals surface area contributed by atoms with Gasteiger partial charge in [-0.2, -0.15) is 0 Å². The van der Waals surface area contributed by atoms with Gasteiger partial charge in [-0.3, -0.25) is 14.4 Å². The molecule has 0 aliphatic rings. The first-order chi connectivity index (χ1) is 20.8. The summed E-state index contributed by atoms with van der Waals surface area (Å²) in [6, 6.07) is 11.8. The molecule has 13 nitrogen and oxygen atoms in total. The Hall–Kier alpha value is -5.43. The molecular formula is C30H32N8O5. The quantitative estimate of drug-likeness (QED) is 0.100. The molecule has 222 valence electrons. The minimum absolute atomic E-state index is 0.0481. The molecule has 5 rings (SSSR count). The Morgan fingerprint density at radius 3 is 1.98 bits per heavy atom. The van der Waals surface area contributed by atoms with Gasteiger partial charge in [0.05, 0.1) is 18.9 Å². The van der Waals surface area contributed by atoms with Gasteiger partial charge in [0.25, 0.3) is 0 Å². The summed E-state index contributed by atoms with van der Waals surface area (Å²) in [4.78, 5) is 64.0. The first-order valence-corrected chi connectivity index (χ1v) is 13.7. The molecule has 0 radical (unpaired) electrons. The van der Waals surface area contributed by atoms with Crippen LogP contribution in [0.3, 0.4) is 0 Å². The largest absolute Gasteiger partial charge is 0.480 e. The van der Waals surface area contributed by atoms with Crippen molar-refractivity contribution in [1.29, 1.82) is 0 Å². The fraction of sp³-hybridized carbons (Fsp3) is 0.233. The first-order valence-electron chi connectivity index (χ1n) is 13.7. The zero-order valence-corrected chi connectivity index (χ0v) is 23.1. The van der Waals surface area contributed by atoms with Crippen LogP contribution in [-0.4, -0.2) is 73.4 Å². The molecule has 2 aromatic carbocycles. The molecule has 43 heavy (non-hydrogen) atoms. The summed E-state index contributed by atoms with van der Waals surface area (Å²) in [5, 5.41) is 19.2. The van der Waals surface area contributed by atoms with Crippen molar-refractivity contribution in [3.8, 4) is 0 Å². The van der Waals surface area contributed by atoms with Crippen LogP contribution in [0.15, 0.2) is 73.4 Å². The highest BCUT2D eigenvalue weighted by Gasteiger charge is 2.27. The highest BCUT2D eigenvalue weighted by atomic mass is 16.4. The number of nitrogens with one attached hydrogen (secondary N) is 6. The van der Waals surface area contributed by atoms with E-state index in [0.717, 1.165) is 32.9 Å². The Morgan fingerprint density at radius 2 is 1.40 bits per heavy atom. The van der Waals surface area contributed by atoms with Crippen molar-refractivity contribution in [1.82, 2.24) is 35.9 Å². The fourth-order valence-corrected chi connectivity index (χ4v) is 4.99. The second-order valence-electron chi connectivity index (χ2n) is 10.3. The zero-order chi connectivity index (χ0) is 30.3. The van der Waals surface area contributed by atoms with Crippen LogP contribution in [0.25, 0.3) is 21.8 Å². The van der Waals surface area contributed by atoms with Crippen LogP contribution >= 0.6 is 0 Å². The molecule has 0 fully saturated rings. The number of aromatic nitrogens is 4. The molecule has 0 saturated carbocycles. The van der Waals surface area contributed by atoms with Crippen LogP contribution in [0.5, 0.6) is 0 Å². The summed E-state index contributed by atoms with van der Waals surface area (Å²) in [6.07, 6.45) is 6.87. The number of aliphatic carboxylic acids is 1. The van der Waals surface area contributed by atoms with Gasteiger partial charge in [0.2, 0.25) is 17.7 Å². The van der Waals surface area contributed by atoms with E-state index in [9.17, 15) is 24.3 Å². The number of carboxylic acids is 1. The average molecular weight is 585 g/mol. The number of carboxylic acid groups (broad SMARTS) is 1. The number of H-pyrrole nitrogens is 3. The first kappa shape index (κ1) is 29.1. The van der Waals surface area contributed by atoms with E-state index in [1.165, 1.54) is 6.33 Å². The molecule has 0 aliphatic heterocycles. The number of carbonyl (C=O) groups is 4. The second kappa shape index (κ2) is 13.0. The van der Waals surface area contributed by atoms with Crippen LogP contribution in [0.4, 0.5) is 0 Å². The van der Waals surface area contributed by atoms with E-state index < -0.39 is 48.4 Å². The number of amides is 3. The van der Waals surface area contributed by atoms with E-state index in [0.29, 0.717) is 5.69 Å². The third kappa shape index (κ3) is 7.08. The Labute approximate surface area is 245 Å². The maximum atomic E-state index is 13.3. The van der Waals surface area contributed by atoms with Gasteiger partial charge in [-0.25, -0.2) is 9.78 Å². The molecule has 13 heteroatoms. The monoisotopic (exact) mass is 584 g/mol. The lowest BCUT2D eigenvalue weighted by Crippen LogP contribution is -2.54. The second-order valence-corrected chi connectivity index (χ2v) is 10.3. The number of nitrogens with two attached hydrogens (primary N) is 1. The molecule has 3 unspecified atom stereocenters. The number of hydrogen-bond donors (Lipinski definition) is 8. The number of nitrogens with zero attached hydrogens (tertiary/aromatic N) is 1. The Bertz CT molecular complexity index is 1740. The molecule has 3 atom stereocenters. The van der Waals surface area contributed by atoms with Crippen molar-refractivity contribution in [2.24, 2.45) is 5.73 Å². The Morgan fingerprint density at radius 1 is 0.791 bits per heavy atom. The van der Waals surface area contributed by atoms with Gasteiger partial charge in [0.1, 0.15) is 12.1 Å². The van der Waals surface area contributed by atoms with Crippen molar-refractivity contribution in [3.63, 3.8) is 0 Å². The number of carbonyl (C=O) groups excluding carboxylic acids is 3. The number of benzene rings is 2. The third-order valence-electron chi connectivity index (χ3n) is 7.22. The number of rotatable bonds is 13. The summed E-state index contributed by atoms with van der Waals surface area (Å²) in [5.74, 6) is -3.07. The van der Waals surface area contributed by atoms with Crippen molar-refractivity contribution in [2.75, 3.05) is 6.54 Å². The average Bonchev–Trinajstić information content (AvgIpc) is 3.76. The van der Waals surface area contributed by atoms with E-state index in [4.69, 9.17) is 5.73 Å². The van der Waals surface area contributed by atoms with E-state index in [1.54, 1.807) is 18.6 Å². The minimum atomic E-state index is -1.22. The van der Waals surface area contributed by atoms with Crippen LogP contribution in [0.2, 0.25) is 0 Å². The predicted octanol–water partition coefficient (Wildman–Crippen LogP) is 0.898. The number of para-hydroxylation sites is 2. The van der Waals surface area contributed by atoms with Crippen LogP contribution in [0.1, 0.15) is 16.8 Å². The summed E-state index contributed by atoms with van der Waals surface area (Å²) in [7, 11) is 0. The van der Waals surface area contributed by atoms with Crippen molar-refractivity contribution in [2.45, 2.75) is 37.4 Å². The number of imidazole rings is 1. The Kier molecular flexibility index (Phi) is 8.82. The minimum Gasteiger partial charge on any atom is -0.480 e. The summed E-state index contributed by atoms with van der Waals surface area (Å²) in [5.41, 5.74) is 10.0. The van der Waals surface area contributed by atoms with Crippen molar-refractivity contribution < 1.29 is 24.3 Å². The van der Waals surface area contributed by atoms with Crippen LogP contribution in [0, 0.1) is 0 Å². The third-order valence-corrected chi connectivity index (χ3v) is 7.22. The van der Waals surface area contributed by atoms with Gasteiger partial charge in [-0.05, 0) is 23.3 Å². The maximum Gasteiger partial charge on any atom is 0.326 e. The van der Waals surface area contributed by atoms with Gasteiger partial charge in [0.15, 0.2) is 0 Å². The summed E-state index contributed by atoms with van der Waals surface area (Å²) < 4.78 is 0. The van der Waals surface area contributed by atoms with E-state index in [1.807, 2.05) is 48.5 Å². The summed E-state index contributed by atoms with van der Waals surface area (Å²) in [6.45, 7) is -0.489. The lowest BCUT2D eigenvalue weighted by atomic mass is 10.0. The lowest BCUT2D eigenvalue weighted by molar-refractivity contribution is -0.141. The molecule has 3 amide bonds. The zero-order valence-electron chi connectivity index (χ0n) is 23.1. The van der Waals surface area contributed by atoms with Crippen molar-refractivity contribution in [3.05, 3.63) is 90.3 Å².